The molecule has 0 aromatic heterocycles. The Morgan fingerprint density at radius 1 is 0.692 bits per heavy atom. The van der Waals surface area contributed by atoms with Crippen molar-refractivity contribution in [1.29, 1.82) is 0 Å². The largest absolute Gasteiger partial charge is 1.00 e. The van der Waals surface area contributed by atoms with Gasteiger partial charge >= 0.3 is 0 Å². The van der Waals surface area contributed by atoms with E-state index in [4.69, 9.17) is 0 Å². The maximum Gasteiger partial charge on any atom is 0.134 e. The molecule has 0 aromatic carbocycles. The summed E-state index contributed by atoms with van der Waals surface area (Å²) in [5.41, 5.74) is 7.97. The third-order valence-electron chi connectivity index (χ3n) is 10.7. The van der Waals surface area contributed by atoms with Crippen LogP contribution in [-0.4, -0.2) is 19.1 Å². The van der Waals surface area contributed by atoms with Crippen LogP contribution in [-0.2, 0) is 21.7 Å². The molecule has 0 saturated heterocycles. The van der Waals surface area contributed by atoms with E-state index in [1.807, 2.05) is 22.4 Å². The van der Waals surface area contributed by atoms with Gasteiger partial charge in [0.15, 0.2) is 0 Å². The van der Waals surface area contributed by atoms with Crippen molar-refractivity contribution in [2.45, 2.75) is 168 Å². The van der Waals surface area contributed by atoms with Gasteiger partial charge in [-0.1, -0.05) is 97.7 Å². The van der Waals surface area contributed by atoms with Crippen LogP contribution in [0.5, 0.6) is 0 Å². The quantitative estimate of drug-likeness (QED) is 0.179. The molecule has 1 unspecified atom stereocenters. The zero-order valence-electron chi connectivity index (χ0n) is 26.5. The summed E-state index contributed by atoms with van der Waals surface area (Å²) >= 11 is 0. The molecule has 0 aliphatic heterocycles. The SMILES string of the molecule is CCCCCCCCC1=C(CCCCCC)C(CC)=C(N([SiH](C)C)C23CC4CC(CC(C4)C2)C3)C1C.[Cl-].[Cl-].[Ti]. The second kappa shape index (κ2) is 17.8. The van der Waals surface area contributed by atoms with Crippen molar-refractivity contribution >= 4 is 8.96 Å². The van der Waals surface area contributed by atoms with Crippen molar-refractivity contribution in [2.75, 3.05) is 0 Å². The van der Waals surface area contributed by atoms with Crippen LogP contribution in [0.3, 0.4) is 0 Å². The molecule has 4 saturated carbocycles. The first kappa shape index (κ1) is 37.8. The number of unbranched alkanes of at least 4 members (excludes halogenated alkanes) is 8. The number of nitrogens with zero attached hydrogens (tertiary/aromatic N) is 1. The summed E-state index contributed by atoms with van der Waals surface area (Å²) in [6, 6.07) is 0. The van der Waals surface area contributed by atoms with Crippen molar-refractivity contribution in [3.63, 3.8) is 0 Å². The molecule has 5 aliphatic rings. The minimum absolute atomic E-state index is 0. The second-order valence-corrected chi connectivity index (χ2v) is 16.6. The standard InChI is InChI=1S/C34H61NSi.2ClH.Ti/c1-7-10-12-14-15-17-18-31-26(4)33(30(9-3)32(31)19-16-13-11-8-2)35(36(5)6)34-23-27-20-28(24-34)22-29(21-27)25-34;;;/h26-29,36H,7-25H2,1-6H3;2*1H;/p-2. The molecule has 0 heterocycles. The Labute approximate surface area is 273 Å². The predicted octanol–water partition coefficient (Wildman–Crippen LogP) is 4.58. The Morgan fingerprint density at radius 2 is 1.15 bits per heavy atom. The van der Waals surface area contributed by atoms with E-state index in [0.717, 1.165) is 17.8 Å². The molecule has 0 spiro atoms. The van der Waals surface area contributed by atoms with Gasteiger partial charge in [-0.25, -0.2) is 0 Å². The number of halogens is 2. The van der Waals surface area contributed by atoms with Gasteiger partial charge in [-0.2, -0.15) is 0 Å². The van der Waals surface area contributed by atoms with Crippen LogP contribution in [0, 0.1) is 23.7 Å². The Balaban J connectivity index is 0.00000253. The zero-order chi connectivity index (χ0) is 25.7. The minimum Gasteiger partial charge on any atom is -1.00 e. The van der Waals surface area contributed by atoms with E-state index in [1.54, 1.807) is 19.3 Å². The summed E-state index contributed by atoms with van der Waals surface area (Å²) < 4.78 is 3.24. The molecule has 5 rings (SSSR count). The van der Waals surface area contributed by atoms with Gasteiger partial charge in [-0.3, -0.25) is 0 Å². The van der Waals surface area contributed by atoms with Crippen molar-refractivity contribution in [3.05, 3.63) is 22.4 Å². The molecule has 39 heavy (non-hydrogen) atoms. The molecule has 0 aromatic rings. The first-order valence-corrected chi connectivity index (χ1v) is 19.5. The molecule has 5 heteroatoms. The van der Waals surface area contributed by atoms with Gasteiger partial charge in [0.1, 0.15) is 8.96 Å². The first-order chi connectivity index (χ1) is 17.4. The fourth-order valence-electron chi connectivity index (χ4n) is 9.73. The maximum atomic E-state index is 3.24. The van der Waals surface area contributed by atoms with E-state index in [1.165, 1.54) is 103 Å². The smallest absolute Gasteiger partial charge is 0.134 e. The van der Waals surface area contributed by atoms with Crippen LogP contribution in [0.15, 0.2) is 22.4 Å². The maximum absolute atomic E-state index is 3.24. The van der Waals surface area contributed by atoms with Gasteiger partial charge in [0.05, 0.1) is 0 Å². The van der Waals surface area contributed by atoms with Crippen molar-refractivity contribution in [2.24, 2.45) is 23.7 Å². The molecule has 1 atom stereocenters. The fourth-order valence-corrected chi connectivity index (χ4v) is 12.1. The van der Waals surface area contributed by atoms with Gasteiger partial charge in [-0.05, 0) is 99.5 Å². The Bertz CT molecular complexity index is 757. The molecule has 1 nitrogen and oxygen atoms in total. The monoisotopic (exact) mass is 629 g/mol. The van der Waals surface area contributed by atoms with E-state index in [0.29, 0.717) is 11.5 Å². The van der Waals surface area contributed by atoms with Crippen LogP contribution in [0.25, 0.3) is 0 Å². The molecular formula is C34H61Cl2NSiTi-2. The number of rotatable bonds is 16. The molecule has 0 N–H and O–H groups in total. The molecule has 5 aliphatic carbocycles. The van der Waals surface area contributed by atoms with Crippen LogP contribution < -0.4 is 24.8 Å². The molecule has 4 bridgehead atoms. The van der Waals surface area contributed by atoms with E-state index < -0.39 is 8.96 Å². The van der Waals surface area contributed by atoms with Crippen molar-refractivity contribution < 1.29 is 46.5 Å². The van der Waals surface area contributed by atoms with Crippen LogP contribution >= 0.6 is 0 Å². The number of allylic oxidation sites excluding steroid dienone is 3. The Hall–Kier alpha value is 0.791. The molecule has 0 amide bonds. The van der Waals surface area contributed by atoms with Gasteiger partial charge in [0.2, 0.25) is 0 Å². The minimum atomic E-state index is -0.978. The Kier molecular flexibility index (Phi) is 17.3. The summed E-state index contributed by atoms with van der Waals surface area (Å²) in [5, 5.41) is 0. The third-order valence-corrected chi connectivity index (χ3v) is 12.6. The van der Waals surface area contributed by atoms with Gasteiger partial charge in [-0.15, -0.1) is 0 Å². The molecule has 0 radical (unpaired) electrons. The average Bonchev–Trinajstić information content (AvgIpc) is 3.08. The fraction of sp³-hybridized carbons (Fsp3) is 0.882. The molecule has 226 valence electrons. The van der Waals surface area contributed by atoms with Gasteiger partial charge in [0, 0.05) is 38.9 Å². The van der Waals surface area contributed by atoms with Crippen molar-refractivity contribution in [1.82, 2.24) is 4.57 Å². The topological polar surface area (TPSA) is 3.24 Å². The van der Waals surface area contributed by atoms with E-state index in [-0.39, 0.29) is 46.5 Å². The third kappa shape index (κ3) is 8.68. The van der Waals surface area contributed by atoms with Gasteiger partial charge < -0.3 is 29.4 Å². The summed E-state index contributed by atoms with van der Waals surface area (Å²) in [6.45, 7) is 15.1. The zero-order valence-corrected chi connectivity index (χ0v) is 30.8. The molecular weight excluding hydrogens is 569 g/mol. The van der Waals surface area contributed by atoms with Crippen LogP contribution in [0.2, 0.25) is 13.1 Å². The summed E-state index contributed by atoms with van der Waals surface area (Å²) in [6.07, 6.45) is 27.4. The number of hydrogen-bond acceptors (Lipinski definition) is 1. The Morgan fingerprint density at radius 3 is 1.64 bits per heavy atom. The second-order valence-electron chi connectivity index (χ2n) is 13.9. The van der Waals surface area contributed by atoms with Gasteiger partial charge in [0.25, 0.3) is 0 Å². The van der Waals surface area contributed by atoms with Crippen LogP contribution in [0.4, 0.5) is 0 Å². The van der Waals surface area contributed by atoms with E-state index in [2.05, 4.69) is 45.4 Å². The predicted molar refractivity (Wildman–Crippen MR) is 162 cm³/mol. The van der Waals surface area contributed by atoms with Crippen LogP contribution in [0.1, 0.15) is 150 Å². The van der Waals surface area contributed by atoms with E-state index >= 15 is 0 Å². The average molecular weight is 631 g/mol. The first-order valence-electron chi connectivity index (χ1n) is 16.7. The normalized spacial score (nSPS) is 29.0. The van der Waals surface area contributed by atoms with E-state index in [9.17, 15) is 0 Å². The summed E-state index contributed by atoms with van der Waals surface area (Å²) in [5.74, 6) is 3.80. The molecule has 4 fully saturated rings. The number of hydrogen-bond donors (Lipinski definition) is 0. The summed E-state index contributed by atoms with van der Waals surface area (Å²) in [7, 11) is -0.978. The summed E-state index contributed by atoms with van der Waals surface area (Å²) in [4.78, 5) is 0. The van der Waals surface area contributed by atoms with Crippen molar-refractivity contribution in [3.8, 4) is 0 Å².